The number of nitrogens with one attached hydrogen (secondary N) is 1. The summed E-state index contributed by atoms with van der Waals surface area (Å²) in [4.78, 5) is 12.0. The summed E-state index contributed by atoms with van der Waals surface area (Å²) in [6.45, 7) is 12.9. The van der Waals surface area contributed by atoms with Gasteiger partial charge < -0.3 is 19.9 Å². The molecule has 0 aromatic heterocycles. The molecule has 1 fully saturated rings. The summed E-state index contributed by atoms with van der Waals surface area (Å²) in [5.74, 6) is 0. The van der Waals surface area contributed by atoms with Gasteiger partial charge in [-0.15, -0.1) is 13.2 Å². The molecule has 3 atom stereocenters. The van der Waals surface area contributed by atoms with Crippen molar-refractivity contribution >= 4 is 6.09 Å². The standard InChI is InChI=1S/C15H25NO4/c1-6-8-12-15(9-7-2,11(17)10-19-12)16-13(18)20-14(3,4)5/h6-7,11-12,17H,1-2,8-10H2,3-5H3,(H,16,18). The number of carbonyl (C=O) groups is 1. The van der Waals surface area contributed by atoms with Crippen molar-refractivity contribution in [3.05, 3.63) is 25.3 Å². The summed E-state index contributed by atoms with van der Waals surface area (Å²) in [6.07, 6.45) is 2.56. The zero-order valence-corrected chi connectivity index (χ0v) is 12.5. The summed E-state index contributed by atoms with van der Waals surface area (Å²) in [5, 5.41) is 13.0. The quantitative estimate of drug-likeness (QED) is 0.759. The van der Waals surface area contributed by atoms with Crippen LogP contribution in [0.3, 0.4) is 0 Å². The average molecular weight is 283 g/mol. The highest BCUT2D eigenvalue weighted by molar-refractivity contribution is 5.69. The molecule has 0 bridgehead atoms. The van der Waals surface area contributed by atoms with Crippen molar-refractivity contribution < 1.29 is 19.4 Å². The maximum absolute atomic E-state index is 12.0. The van der Waals surface area contributed by atoms with Crippen molar-refractivity contribution in [1.29, 1.82) is 0 Å². The number of carbonyl (C=O) groups excluding carboxylic acids is 1. The minimum absolute atomic E-state index is 0.169. The number of ether oxygens (including phenoxy) is 2. The molecule has 0 radical (unpaired) electrons. The highest BCUT2D eigenvalue weighted by atomic mass is 16.6. The van der Waals surface area contributed by atoms with Crippen molar-refractivity contribution in [1.82, 2.24) is 5.32 Å². The fraction of sp³-hybridized carbons (Fsp3) is 0.667. The van der Waals surface area contributed by atoms with Crippen LogP contribution in [0.2, 0.25) is 0 Å². The van der Waals surface area contributed by atoms with E-state index in [2.05, 4.69) is 18.5 Å². The lowest BCUT2D eigenvalue weighted by molar-refractivity contribution is 0.0229. The average Bonchev–Trinajstić information content (AvgIpc) is 2.56. The van der Waals surface area contributed by atoms with E-state index in [0.29, 0.717) is 12.8 Å². The number of aliphatic hydroxyl groups excluding tert-OH is 1. The molecule has 1 heterocycles. The Balaban J connectivity index is 2.92. The van der Waals surface area contributed by atoms with Crippen LogP contribution in [0, 0.1) is 0 Å². The van der Waals surface area contributed by atoms with E-state index in [9.17, 15) is 9.90 Å². The first-order chi connectivity index (χ1) is 9.25. The molecule has 0 aromatic carbocycles. The first kappa shape index (κ1) is 16.7. The van der Waals surface area contributed by atoms with Crippen molar-refractivity contribution in [2.24, 2.45) is 0 Å². The fourth-order valence-corrected chi connectivity index (χ4v) is 2.36. The molecule has 0 aromatic rings. The molecule has 114 valence electrons. The molecule has 5 nitrogen and oxygen atoms in total. The van der Waals surface area contributed by atoms with E-state index in [1.807, 2.05) is 0 Å². The maximum Gasteiger partial charge on any atom is 0.408 e. The van der Waals surface area contributed by atoms with Crippen LogP contribution in [0.15, 0.2) is 25.3 Å². The van der Waals surface area contributed by atoms with Gasteiger partial charge in [-0.2, -0.15) is 0 Å². The largest absolute Gasteiger partial charge is 0.444 e. The molecule has 1 saturated heterocycles. The molecule has 0 saturated carbocycles. The minimum atomic E-state index is -0.918. The summed E-state index contributed by atoms with van der Waals surface area (Å²) >= 11 is 0. The highest BCUT2D eigenvalue weighted by Crippen LogP contribution is 2.33. The van der Waals surface area contributed by atoms with Crippen molar-refractivity contribution in [2.75, 3.05) is 6.61 Å². The van der Waals surface area contributed by atoms with Gasteiger partial charge in [0.2, 0.25) is 0 Å². The number of amides is 1. The second-order valence-corrected chi connectivity index (χ2v) is 6.02. The topological polar surface area (TPSA) is 67.8 Å². The summed E-state index contributed by atoms with van der Waals surface area (Å²) in [7, 11) is 0. The van der Waals surface area contributed by atoms with Crippen LogP contribution >= 0.6 is 0 Å². The van der Waals surface area contributed by atoms with E-state index < -0.39 is 23.3 Å². The van der Waals surface area contributed by atoms with Crippen LogP contribution in [0.5, 0.6) is 0 Å². The van der Waals surface area contributed by atoms with Crippen LogP contribution in [0.1, 0.15) is 33.6 Å². The van der Waals surface area contributed by atoms with Crippen LogP contribution in [0.25, 0.3) is 0 Å². The van der Waals surface area contributed by atoms with Gasteiger partial charge in [-0.1, -0.05) is 12.2 Å². The van der Waals surface area contributed by atoms with Crippen LogP contribution in [-0.2, 0) is 9.47 Å². The number of alkyl carbamates (subject to hydrolysis) is 1. The number of hydrogen-bond acceptors (Lipinski definition) is 4. The normalized spacial score (nSPS) is 29.8. The Morgan fingerprint density at radius 1 is 1.50 bits per heavy atom. The predicted octanol–water partition coefficient (Wildman–Crippen LogP) is 2.16. The van der Waals surface area contributed by atoms with Crippen molar-refractivity contribution in [3.8, 4) is 0 Å². The lowest BCUT2D eigenvalue weighted by Crippen LogP contribution is -2.60. The van der Waals surface area contributed by atoms with Crippen LogP contribution in [-0.4, -0.2) is 41.2 Å². The SMILES string of the molecule is C=CCC1OCC(O)C1(CC=C)NC(=O)OC(C)(C)C. The van der Waals surface area contributed by atoms with Gasteiger partial charge >= 0.3 is 6.09 Å². The van der Waals surface area contributed by atoms with E-state index in [4.69, 9.17) is 9.47 Å². The van der Waals surface area contributed by atoms with Crippen molar-refractivity contribution in [2.45, 2.75) is 57.0 Å². The zero-order chi connectivity index (χ0) is 15.4. The first-order valence-corrected chi connectivity index (χ1v) is 6.78. The van der Waals surface area contributed by atoms with Gasteiger partial charge in [-0.05, 0) is 33.6 Å². The number of rotatable bonds is 5. The fourth-order valence-electron chi connectivity index (χ4n) is 2.36. The summed E-state index contributed by atoms with van der Waals surface area (Å²) < 4.78 is 10.8. The minimum Gasteiger partial charge on any atom is -0.444 e. The van der Waals surface area contributed by atoms with E-state index >= 15 is 0 Å². The Morgan fingerprint density at radius 2 is 2.15 bits per heavy atom. The first-order valence-electron chi connectivity index (χ1n) is 6.78. The number of hydrogen-bond donors (Lipinski definition) is 2. The molecule has 1 aliphatic heterocycles. The van der Waals surface area contributed by atoms with Crippen LogP contribution in [0.4, 0.5) is 4.79 Å². The molecule has 3 unspecified atom stereocenters. The molecule has 1 aliphatic rings. The molecule has 0 aliphatic carbocycles. The third-order valence-electron chi connectivity index (χ3n) is 3.22. The van der Waals surface area contributed by atoms with Gasteiger partial charge in [0.15, 0.2) is 0 Å². The Kier molecular flexibility index (Phi) is 5.36. The molecule has 0 spiro atoms. The highest BCUT2D eigenvalue weighted by Gasteiger charge is 2.51. The van der Waals surface area contributed by atoms with Crippen molar-refractivity contribution in [3.63, 3.8) is 0 Å². The molecule has 20 heavy (non-hydrogen) atoms. The second kappa shape index (κ2) is 6.41. The zero-order valence-electron chi connectivity index (χ0n) is 12.5. The van der Waals surface area contributed by atoms with E-state index in [1.165, 1.54) is 0 Å². The molecule has 2 N–H and O–H groups in total. The molecule has 1 rings (SSSR count). The predicted molar refractivity (Wildman–Crippen MR) is 77.5 cm³/mol. The monoisotopic (exact) mass is 283 g/mol. The summed E-state index contributed by atoms with van der Waals surface area (Å²) in [5.41, 5.74) is -1.52. The van der Waals surface area contributed by atoms with E-state index in [0.717, 1.165) is 0 Å². The van der Waals surface area contributed by atoms with Crippen LogP contribution < -0.4 is 5.32 Å². The molecule has 5 heteroatoms. The van der Waals surface area contributed by atoms with E-state index in [-0.39, 0.29) is 12.7 Å². The van der Waals surface area contributed by atoms with Gasteiger partial charge in [-0.3, -0.25) is 0 Å². The Hall–Kier alpha value is -1.33. The van der Waals surface area contributed by atoms with Gasteiger partial charge in [-0.25, -0.2) is 4.79 Å². The smallest absolute Gasteiger partial charge is 0.408 e. The lowest BCUT2D eigenvalue weighted by Gasteiger charge is -2.36. The van der Waals surface area contributed by atoms with Gasteiger partial charge in [0.1, 0.15) is 17.2 Å². The van der Waals surface area contributed by atoms with Gasteiger partial charge in [0, 0.05) is 0 Å². The van der Waals surface area contributed by atoms with Gasteiger partial charge in [0.25, 0.3) is 0 Å². The lowest BCUT2D eigenvalue weighted by atomic mass is 9.84. The Labute approximate surface area is 120 Å². The molecular formula is C15H25NO4. The second-order valence-electron chi connectivity index (χ2n) is 6.02. The maximum atomic E-state index is 12.0. The Bertz CT molecular complexity index is 375. The molecule has 1 amide bonds. The van der Waals surface area contributed by atoms with Gasteiger partial charge in [0.05, 0.1) is 12.7 Å². The number of aliphatic hydroxyl groups is 1. The Morgan fingerprint density at radius 3 is 2.65 bits per heavy atom. The molecular weight excluding hydrogens is 258 g/mol. The third kappa shape index (κ3) is 3.84. The third-order valence-corrected chi connectivity index (χ3v) is 3.22. The van der Waals surface area contributed by atoms with E-state index in [1.54, 1.807) is 32.9 Å². The summed E-state index contributed by atoms with van der Waals surface area (Å²) in [6, 6.07) is 0.